The Labute approximate surface area is 140 Å². The second-order valence-corrected chi connectivity index (χ2v) is 8.45. The summed E-state index contributed by atoms with van der Waals surface area (Å²) in [6, 6.07) is 17.7. The Morgan fingerprint density at radius 1 is 0.739 bits per heavy atom. The molecule has 2 aromatic rings. The quantitative estimate of drug-likeness (QED) is 0.667. The Morgan fingerprint density at radius 3 is 1.83 bits per heavy atom. The molecule has 0 amide bonds. The van der Waals surface area contributed by atoms with Crippen molar-refractivity contribution in [2.24, 2.45) is 0 Å². The van der Waals surface area contributed by atoms with Crippen molar-refractivity contribution in [3.8, 4) is 0 Å². The highest BCUT2D eigenvalue weighted by molar-refractivity contribution is 5.83. The third-order valence-corrected chi connectivity index (χ3v) is 4.60. The van der Waals surface area contributed by atoms with E-state index in [1.165, 1.54) is 22.6 Å². The number of para-hydroxylation sites is 2. The highest BCUT2D eigenvalue weighted by atomic mass is 15.4. The van der Waals surface area contributed by atoms with Crippen molar-refractivity contribution >= 4 is 17.1 Å². The van der Waals surface area contributed by atoms with Crippen LogP contribution in [0.2, 0.25) is 0 Å². The van der Waals surface area contributed by atoms with Crippen molar-refractivity contribution in [1.29, 1.82) is 0 Å². The van der Waals surface area contributed by atoms with Gasteiger partial charge >= 0.3 is 0 Å². The second kappa shape index (κ2) is 5.30. The molecule has 23 heavy (non-hydrogen) atoms. The molecular weight excluding hydrogens is 280 g/mol. The molecule has 0 bridgehead atoms. The molecule has 0 fully saturated rings. The van der Waals surface area contributed by atoms with Crippen LogP contribution in [0.4, 0.5) is 17.1 Å². The number of anilines is 3. The molecule has 0 aromatic heterocycles. The summed E-state index contributed by atoms with van der Waals surface area (Å²) in [5, 5.41) is 0. The van der Waals surface area contributed by atoms with E-state index in [4.69, 9.17) is 0 Å². The topological polar surface area (TPSA) is 6.48 Å². The zero-order chi connectivity index (χ0) is 16.8. The molecule has 0 N–H and O–H groups in total. The summed E-state index contributed by atoms with van der Waals surface area (Å²) in [4.78, 5) is 4.88. The van der Waals surface area contributed by atoms with Crippen LogP contribution in [0.25, 0.3) is 0 Å². The van der Waals surface area contributed by atoms with Crippen LogP contribution in [-0.2, 0) is 5.41 Å². The summed E-state index contributed by atoms with van der Waals surface area (Å²) < 4.78 is 0. The lowest BCUT2D eigenvalue weighted by molar-refractivity contribution is 0.518. The Balaban J connectivity index is 1.98. The second-order valence-electron chi connectivity index (χ2n) is 8.45. The first-order valence-corrected chi connectivity index (χ1v) is 8.43. The molecule has 0 unspecified atom stereocenters. The molecule has 0 radical (unpaired) electrons. The molecule has 1 aliphatic rings. The van der Waals surface area contributed by atoms with Gasteiger partial charge in [-0.15, -0.1) is 0 Å². The van der Waals surface area contributed by atoms with Gasteiger partial charge in [0.15, 0.2) is 0 Å². The van der Waals surface area contributed by atoms with Gasteiger partial charge in [0.05, 0.1) is 18.0 Å². The van der Waals surface area contributed by atoms with Crippen molar-refractivity contribution in [3.63, 3.8) is 0 Å². The maximum atomic E-state index is 2.47. The molecule has 122 valence electrons. The van der Waals surface area contributed by atoms with Gasteiger partial charge in [0.2, 0.25) is 0 Å². The van der Waals surface area contributed by atoms with E-state index in [0.29, 0.717) is 0 Å². The number of hydrogen-bond donors (Lipinski definition) is 0. The average molecular weight is 308 g/mol. The lowest BCUT2D eigenvalue weighted by Crippen LogP contribution is -2.42. The fourth-order valence-corrected chi connectivity index (χ4v) is 3.15. The van der Waals surface area contributed by atoms with E-state index in [9.17, 15) is 0 Å². The van der Waals surface area contributed by atoms with Crippen molar-refractivity contribution in [2.75, 3.05) is 16.5 Å². The predicted molar refractivity (Wildman–Crippen MR) is 101 cm³/mol. The lowest BCUT2D eigenvalue weighted by Gasteiger charge is -2.34. The SMILES string of the molecule is CC(C)(C)c1ccc(N2CN(C(C)(C)C)c3ccccc32)cc1. The van der Waals surface area contributed by atoms with Crippen LogP contribution in [-0.4, -0.2) is 12.2 Å². The molecule has 2 nitrogen and oxygen atoms in total. The van der Waals surface area contributed by atoms with Crippen molar-refractivity contribution in [2.45, 2.75) is 52.5 Å². The minimum absolute atomic E-state index is 0.107. The number of benzene rings is 2. The summed E-state index contributed by atoms with van der Waals surface area (Å²) in [6.07, 6.45) is 0. The molecule has 0 saturated heterocycles. The number of fused-ring (bicyclic) bond motifs is 1. The number of nitrogens with zero attached hydrogens (tertiary/aromatic N) is 2. The van der Waals surface area contributed by atoms with Gasteiger partial charge in [-0.25, -0.2) is 0 Å². The Morgan fingerprint density at radius 2 is 1.30 bits per heavy atom. The van der Waals surface area contributed by atoms with Gasteiger partial charge < -0.3 is 9.80 Å². The van der Waals surface area contributed by atoms with Crippen LogP contribution in [0.15, 0.2) is 48.5 Å². The Bertz CT molecular complexity index is 687. The molecule has 0 saturated carbocycles. The van der Waals surface area contributed by atoms with Gasteiger partial charge in [0.1, 0.15) is 0 Å². The first-order chi connectivity index (χ1) is 10.7. The van der Waals surface area contributed by atoms with Crippen LogP contribution in [0.3, 0.4) is 0 Å². The first-order valence-electron chi connectivity index (χ1n) is 8.43. The fourth-order valence-electron chi connectivity index (χ4n) is 3.15. The average Bonchev–Trinajstić information content (AvgIpc) is 2.86. The predicted octanol–water partition coefficient (Wildman–Crippen LogP) is 5.70. The van der Waals surface area contributed by atoms with Gasteiger partial charge in [-0.05, 0) is 56.0 Å². The lowest BCUT2D eigenvalue weighted by atomic mass is 9.87. The highest BCUT2D eigenvalue weighted by Crippen LogP contribution is 2.43. The third kappa shape index (κ3) is 2.95. The summed E-state index contributed by atoms with van der Waals surface area (Å²) >= 11 is 0. The van der Waals surface area contributed by atoms with Crippen LogP contribution < -0.4 is 9.80 Å². The van der Waals surface area contributed by atoms with E-state index in [-0.39, 0.29) is 11.0 Å². The maximum Gasteiger partial charge on any atom is 0.0958 e. The van der Waals surface area contributed by atoms with Gasteiger partial charge in [-0.2, -0.15) is 0 Å². The van der Waals surface area contributed by atoms with Gasteiger partial charge in [-0.3, -0.25) is 0 Å². The molecule has 2 aromatic carbocycles. The van der Waals surface area contributed by atoms with E-state index in [0.717, 1.165) is 6.67 Å². The van der Waals surface area contributed by atoms with Crippen molar-refractivity contribution in [3.05, 3.63) is 54.1 Å². The van der Waals surface area contributed by atoms with Crippen molar-refractivity contribution < 1.29 is 0 Å². The molecule has 0 spiro atoms. The van der Waals surface area contributed by atoms with E-state index < -0.39 is 0 Å². The van der Waals surface area contributed by atoms with E-state index in [2.05, 4.69) is 99.9 Å². The van der Waals surface area contributed by atoms with Crippen molar-refractivity contribution in [1.82, 2.24) is 0 Å². The third-order valence-electron chi connectivity index (χ3n) is 4.60. The van der Waals surface area contributed by atoms with E-state index >= 15 is 0 Å². The Hall–Kier alpha value is -1.96. The van der Waals surface area contributed by atoms with Crippen LogP contribution in [0.1, 0.15) is 47.1 Å². The zero-order valence-electron chi connectivity index (χ0n) is 15.2. The normalized spacial score (nSPS) is 15.0. The molecule has 1 heterocycles. The van der Waals surface area contributed by atoms with Gasteiger partial charge in [0, 0.05) is 11.2 Å². The first kappa shape index (κ1) is 15.9. The zero-order valence-corrected chi connectivity index (χ0v) is 15.2. The highest BCUT2D eigenvalue weighted by Gasteiger charge is 2.33. The van der Waals surface area contributed by atoms with Gasteiger partial charge in [-0.1, -0.05) is 45.0 Å². The standard InChI is InChI=1S/C21H28N2/c1-20(2,3)16-11-13-17(14-12-16)22-15-23(21(4,5)6)19-10-8-7-9-18(19)22/h7-14H,15H2,1-6H3. The molecule has 3 rings (SSSR count). The summed E-state index contributed by atoms with van der Waals surface area (Å²) in [7, 11) is 0. The number of hydrogen-bond acceptors (Lipinski definition) is 2. The maximum absolute atomic E-state index is 2.47. The Kier molecular flexibility index (Phi) is 3.66. The molecule has 0 aliphatic carbocycles. The van der Waals surface area contributed by atoms with Crippen LogP contribution in [0, 0.1) is 0 Å². The van der Waals surface area contributed by atoms with Crippen LogP contribution >= 0.6 is 0 Å². The summed E-state index contributed by atoms with van der Waals surface area (Å²) in [5.74, 6) is 0. The summed E-state index contributed by atoms with van der Waals surface area (Å²) in [6.45, 7) is 14.5. The monoisotopic (exact) mass is 308 g/mol. The smallest absolute Gasteiger partial charge is 0.0958 e. The molecule has 0 atom stereocenters. The minimum Gasteiger partial charge on any atom is -0.347 e. The minimum atomic E-state index is 0.107. The van der Waals surface area contributed by atoms with Gasteiger partial charge in [0.25, 0.3) is 0 Å². The molecular formula is C21H28N2. The molecule has 2 heteroatoms. The number of rotatable bonds is 1. The van der Waals surface area contributed by atoms with E-state index in [1.807, 2.05) is 0 Å². The summed E-state index contributed by atoms with van der Waals surface area (Å²) in [5.41, 5.74) is 5.55. The molecule has 1 aliphatic heterocycles. The van der Waals surface area contributed by atoms with E-state index in [1.54, 1.807) is 0 Å². The fraction of sp³-hybridized carbons (Fsp3) is 0.429. The largest absolute Gasteiger partial charge is 0.347 e. The van der Waals surface area contributed by atoms with Crippen LogP contribution in [0.5, 0.6) is 0 Å².